The zero-order valence-corrected chi connectivity index (χ0v) is 9.45. The molecule has 1 N–H and O–H groups in total. The van der Waals surface area contributed by atoms with Gasteiger partial charge in [-0.3, -0.25) is 9.48 Å². The molecule has 0 aliphatic carbocycles. The van der Waals surface area contributed by atoms with Gasteiger partial charge in [-0.2, -0.15) is 18.3 Å². The van der Waals surface area contributed by atoms with Gasteiger partial charge in [-0.05, 0) is 13.0 Å². The molecule has 0 bridgehead atoms. The molecule has 0 amide bonds. The van der Waals surface area contributed by atoms with Crippen LogP contribution >= 0.6 is 0 Å². The van der Waals surface area contributed by atoms with Crippen molar-refractivity contribution in [3.8, 4) is 11.3 Å². The highest BCUT2D eigenvalue weighted by atomic mass is 19.4. The van der Waals surface area contributed by atoms with Gasteiger partial charge in [-0.25, -0.2) is 0 Å². The van der Waals surface area contributed by atoms with Gasteiger partial charge in [0.25, 0.3) is 0 Å². The Balaban J connectivity index is 2.51. The Morgan fingerprint density at radius 2 is 2.11 bits per heavy atom. The molecule has 7 heteroatoms. The first-order valence-electron chi connectivity index (χ1n) is 5.24. The number of halogens is 3. The van der Waals surface area contributed by atoms with Crippen LogP contribution in [0, 0.1) is 0 Å². The predicted octanol–water partition coefficient (Wildman–Crippen LogP) is 2.28. The molecular weight excluding hydrogens is 247 g/mol. The summed E-state index contributed by atoms with van der Waals surface area (Å²) >= 11 is 0. The molecule has 0 aliphatic heterocycles. The Kier molecular flexibility index (Phi) is 2.98. The van der Waals surface area contributed by atoms with Crippen LogP contribution in [0.4, 0.5) is 13.2 Å². The Hall–Kier alpha value is -2.05. The van der Waals surface area contributed by atoms with E-state index >= 15 is 0 Å². The van der Waals surface area contributed by atoms with Crippen molar-refractivity contribution in [1.29, 1.82) is 0 Å². The fourth-order valence-corrected chi connectivity index (χ4v) is 1.54. The Morgan fingerprint density at radius 1 is 1.39 bits per heavy atom. The lowest BCUT2D eigenvalue weighted by Gasteiger charge is -2.07. The van der Waals surface area contributed by atoms with E-state index in [1.54, 1.807) is 10.9 Å². The van der Waals surface area contributed by atoms with Gasteiger partial charge in [0.05, 0.1) is 17.5 Å². The van der Waals surface area contributed by atoms with Gasteiger partial charge in [0, 0.05) is 24.4 Å². The van der Waals surface area contributed by atoms with Gasteiger partial charge in [-0.1, -0.05) is 0 Å². The van der Waals surface area contributed by atoms with Crippen molar-refractivity contribution in [2.24, 2.45) is 0 Å². The van der Waals surface area contributed by atoms with Crippen molar-refractivity contribution < 1.29 is 13.2 Å². The van der Waals surface area contributed by atoms with E-state index in [0.29, 0.717) is 18.2 Å². The minimum absolute atomic E-state index is 0.106. The molecule has 0 aliphatic rings. The van der Waals surface area contributed by atoms with Gasteiger partial charge in [-0.15, -0.1) is 0 Å². The van der Waals surface area contributed by atoms with Gasteiger partial charge < -0.3 is 4.98 Å². The summed E-state index contributed by atoms with van der Waals surface area (Å²) in [4.78, 5) is 13.6. The van der Waals surface area contributed by atoms with Gasteiger partial charge >= 0.3 is 6.18 Å². The number of rotatable bonds is 2. The highest BCUT2D eigenvalue weighted by Crippen LogP contribution is 2.30. The fourth-order valence-electron chi connectivity index (χ4n) is 1.54. The first-order chi connectivity index (χ1) is 8.40. The predicted molar refractivity (Wildman–Crippen MR) is 59.0 cm³/mol. The maximum Gasteiger partial charge on any atom is 0.416 e. The van der Waals surface area contributed by atoms with Crippen LogP contribution < -0.4 is 5.56 Å². The summed E-state index contributed by atoms with van der Waals surface area (Å²) in [5.74, 6) is 0. The van der Waals surface area contributed by atoms with Crippen molar-refractivity contribution in [2.45, 2.75) is 19.6 Å². The summed E-state index contributed by atoms with van der Waals surface area (Å²) in [5.41, 5.74) is -1.20. The number of aryl methyl sites for hydroxylation is 1. The number of hydrogen-bond acceptors (Lipinski definition) is 2. The summed E-state index contributed by atoms with van der Waals surface area (Å²) in [6.45, 7) is 2.45. The Bertz CT molecular complexity index is 612. The van der Waals surface area contributed by atoms with Crippen molar-refractivity contribution >= 4 is 0 Å². The molecule has 0 spiro atoms. The van der Waals surface area contributed by atoms with Crippen molar-refractivity contribution in [3.05, 3.63) is 40.4 Å². The van der Waals surface area contributed by atoms with Crippen LogP contribution in [-0.2, 0) is 12.7 Å². The average molecular weight is 257 g/mol. The van der Waals surface area contributed by atoms with Crippen LogP contribution in [0.5, 0.6) is 0 Å². The van der Waals surface area contributed by atoms with Crippen molar-refractivity contribution in [3.63, 3.8) is 0 Å². The molecule has 0 atom stereocenters. The number of hydrogen-bond donors (Lipinski definition) is 1. The second-order valence-electron chi connectivity index (χ2n) is 3.73. The van der Waals surface area contributed by atoms with Crippen molar-refractivity contribution in [2.75, 3.05) is 0 Å². The smallest absolute Gasteiger partial charge is 0.322 e. The zero-order valence-electron chi connectivity index (χ0n) is 9.45. The first kappa shape index (κ1) is 12.4. The lowest BCUT2D eigenvalue weighted by atomic mass is 10.1. The van der Waals surface area contributed by atoms with Crippen LogP contribution in [0.2, 0.25) is 0 Å². The lowest BCUT2D eigenvalue weighted by molar-refractivity contribution is -0.137. The molecule has 96 valence electrons. The second kappa shape index (κ2) is 4.32. The molecule has 0 unspecified atom stereocenters. The average Bonchev–Trinajstić information content (AvgIpc) is 2.75. The van der Waals surface area contributed by atoms with E-state index in [2.05, 4.69) is 10.1 Å². The third-order valence-electron chi connectivity index (χ3n) is 2.44. The second-order valence-corrected chi connectivity index (χ2v) is 3.73. The molecule has 0 fully saturated rings. The first-order valence-corrected chi connectivity index (χ1v) is 5.24. The number of nitrogens with zero attached hydrogens (tertiary/aromatic N) is 2. The monoisotopic (exact) mass is 257 g/mol. The highest BCUT2D eigenvalue weighted by molar-refractivity contribution is 5.57. The summed E-state index contributed by atoms with van der Waals surface area (Å²) in [5, 5.41) is 3.95. The van der Waals surface area contributed by atoms with Crippen LogP contribution in [0.15, 0.2) is 29.3 Å². The maximum atomic E-state index is 12.6. The van der Waals surface area contributed by atoms with Crippen LogP contribution in [0.25, 0.3) is 11.3 Å². The lowest BCUT2D eigenvalue weighted by Crippen LogP contribution is -2.13. The molecule has 2 aromatic rings. The summed E-state index contributed by atoms with van der Waals surface area (Å²) in [6.07, 6.45) is -1.55. The van der Waals surface area contributed by atoms with E-state index in [0.717, 1.165) is 6.07 Å². The van der Waals surface area contributed by atoms with Crippen LogP contribution in [0.1, 0.15) is 12.5 Å². The van der Waals surface area contributed by atoms with E-state index < -0.39 is 17.3 Å². The van der Waals surface area contributed by atoms with E-state index in [9.17, 15) is 18.0 Å². The molecule has 2 heterocycles. The number of pyridine rings is 1. The Labute approximate surface area is 100 Å². The minimum Gasteiger partial charge on any atom is -0.322 e. The molecule has 0 saturated carbocycles. The number of aromatic nitrogens is 3. The van der Waals surface area contributed by atoms with E-state index in [1.807, 2.05) is 6.92 Å². The maximum absolute atomic E-state index is 12.6. The fraction of sp³-hybridized carbons (Fsp3) is 0.273. The van der Waals surface area contributed by atoms with E-state index in [4.69, 9.17) is 0 Å². The topological polar surface area (TPSA) is 50.7 Å². The standard InChI is InChI=1S/C11H10F3N3O/c1-2-17-6-7(5-15-17)9-3-8(11(12,13)14)4-10(18)16-9/h3-6H,2H2,1H3,(H,16,18). The third-order valence-corrected chi connectivity index (χ3v) is 2.44. The minimum atomic E-state index is -4.54. The highest BCUT2D eigenvalue weighted by Gasteiger charge is 2.31. The molecule has 2 aromatic heterocycles. The largest absolute Gasteiger partial charge is 0.416 e. The molecule has 0 radical (unpaired) electrons. The van der Waals surface area contributed by atoms with Crippen LogP contribution in [-0.4, -0.2) is 14.8 Å². The summed E-state index contributed by atoms with van der Waals surface area (Å²) in [6, 6.07) is 1.44. The summed E-state index contributed by atoms with van der Waals surface area (Å²) < 4.78 is 39.2. The molecule has 18 heavy (non-hydrogen) atoms. The SMILES string of the molecule is CCn1cc(-c2cc(C(F)(F)F)cc(=O)[nH]2)cn1. The molecular formula is C11H10F3N3O. The zero-order chi connectivity index (χ0) is 13.3. The van der Waals surface area contributed by atoms with Crippen LogP contribution in [0.3, 0.4) is 0 Å². The number of alkyl halides is 3. The number of nitrogens with one attached hydrogen (secondary N) is 1. The molecule has 2 rings (SSSR count). The molecule has 0 aromatic carbocycles. The van der Waals surface area contributed by atoms with Crippen molar-refractivity contribution in [1.82, 2.24) is 14.8 Å². The van der Waals surface area contributed by atoms with Gasteiger partial charge in [0.1, 0.15) is 0 Å². The van der Waals surface area contributed by atoms with E-state index in [1.165, 1.54) is 6.20 Å². The molecule has 0 saturated heterocycles. The van der Waals surface area contributed by atoms with E-state index in [-0.39, 0.29) is 5.69 Å². The van der Waals surface area contributed by atoms with Gasteiger partial charge in [0.15, 0.2) is 0 Å². The third kappa shape index (κ3) is 2.44. The summed E-state index contributed by atoms with van der Waals surface area (Å²) in [7, 11) is 0. The Morgan fingerprint density at radius 3 is 2.67 bits per heavy atom. The normalized spacial score (nSPS) is 11.8. The number of H-pyrrole nitrogens is 1. The quantitative estimate of drug-likeness (QED) is 0.897. The molecule has 4 nitrogen and oxygen atoms in total. The van der Waals surface area contributed by atoms with Gasteiger partial charge in [0.2, 0.25) is 5.56 Å². The number of aromatic amines is 1.